The van der Waals surface area contributed by atoms with E-state index in [-0.39, 0.29) is 17.5 Å². The number of carbonyl (C=O) groups excluding carboxylic acids is 1. The van der Waals surface area contributed by atoms with Gasteiger partial charge < -0.3 is 42.4 Å². The summed E-state index contributed by atoms with van der Waals surface area (Å²) in [7, 11) is -1.48. The summed E-state index contributed by atoms with van der Waals surface area (Å²) in [5.74, 6) is -0.736. The number of hydrogen-bond acceptors (Lipinski definition) is 11. The quantitative estimate of drug-likeness (QED) is 0.0126. The molecular weight excluding hydrogens is 1370 g/mol. The Balaban J connectivity index is 0.000000303. The Bertz CT molecular complexity index is 4240. The zero-order valence-corrected chi connectivity index (χ0v) is 58.3. The Labute approximate surface area is 596 Å². The summed E-state index contributed by atoms with van der Waals surface area (Å²) in [4.78, 5) is 24.3. The van der Waals surface area contributed by atoms with Gasteiger partial charge in [-0.2, -0.15) is 10.5 Å². The summed E-state index contributed by atoms with van der Waals surface area (Å²) in [6.45, 7) is 6.36. The number of amidine groups is 3. The standard InChI is InChI=1S/C16H15ClN2O2.C14H13ClN2O.C14H10ClN.C14H14N2.C8H6BrN.C6H6BClO2.C2H4O2.C2H6/c1-11(20)21-19-16(18)10-12-6-2-3-7-13(12)14-8-4-5-9-15(14)17;15-13-8-4-3-7-12(13)11-6-2-1-5-10(11)9-14(16)17-18;15-14-8-4-3-7-13(14)12-6-2-1-5-11(12)9-10-16;15-14(16)10-12-8-4-5-9-13(12)11-6-2-1-3-7-11;9-8-4-2-1-3-7(8)5-6-10;8-6-4-2-1-3-5(6)7(9)10;1-2(3)4;1-2/h2-9H,10H2,1H3,(H2,18,19);1-8,18H,9H2,(H2,16,17);1-8H,9H2;1-9H,10H2,(H3,15,16);1-4H,5H2;1-4,9-10H;1H3,(H,3,4);1-2H3. The monoisotopic (exact) mass is 1440 g/mol. The molecule has 10 aromatic carbocycles. The number of nitrogens with zero attached hydrogens (tertiary/aromatic N) is 4. The lowest BCUT2D eigenvalue weighted by Gasteiger charge is -2.10. The molecule has 0 unspecified atom stereocenters. The highest BCUT2D eigenvalue weighted by molar-refractivity contribution is 9.10. The van der Waals surface area contributed by atoms with Crippen LogP contribution in [0.3, 0.4) is 0 Å². The molecule has 0 aliphatic heterocycles. The lowest BCUT2D eigenvalue weighted by molar-refractivity contribution is -0.141. The predicted molar refractivity (Wildman–Crippen MR) is 401 cm³/mol. The fourth-order valence-corrected chi connectivity index (χ4v) is 10.1. The maximum Gasteiger partial charge on any atom is 0.489 e. The number of hydrogen-bond donors (Lipinski definition) is 8. The number of nitrogens with two attached hydrogens (primary N) is 3. The fourth-order valence-electron chi connectivity index (χ4n) is 8.71. The van der Waals surface area contributed by atoms with E-state index in [1.807, 2.05) is 220 Å². The van der Waals surface area contributed by atoms with Crippen LogP contribution < -0.4 is 22.7 Å². The number of benzene rings is 10. The van der Waals surface area contributed by atoms with Gasteiger partial charge in [0.15, 0.2) is 0 Å². The van der Waals surface area contributed by atoms with Gasteiger partial charge >= 0.3 is 13.1 Å². The highest BCUT2D eigenvalue weighted by Crippen LogP contribution is 2.33. The van der Waals surface area contributed by atoms with Gasteiger partial charge in [0.2, 0.25) is 0 Å². The molecule has 10 rings (SSSR count). The molecule has 0 saturated heterocycles. The highest BCUT2D eigenvalue weighted by Gasteiger charge is 2.14. The van der Waals surface area contributed by atoms with E-state index in [1.165, 1.54) is 12.5 Å². The molecule has 11 N–H and O–H groups in total. The van der Waals surface area contributed by atoms with E-state index in [4.69, 9.17) is 105 Å². The molecule has 10 aromatic rings. The summed E-state index contributed by atoms with van der Waals surface area (Å²) in [6.07, 6.45) is 2.14. The zero-order valence-electron chi connectivity index (χ0n) is 53.7. The van der Waals surface area contributed by atoms with E-state index in [0.29, 0.717) is 57.7 Å². The predicted octanol–water partition coefficient (Wildman–Crippen LogP) is 17.2. The van der Waals surface area contributed by atoms with Crippen molar-refractivity contribution in [3.63, 3.8) is 0 Å². The van der Waals surface area contributed by atoms with E-state index >= 15 is 0 Å². The van der Waals surface area contributed by atoms with Crippen molar-refractivity contribution in [3.05, 3.63) is 301 Å². The van der Waals surface area contributed by atoms with Crippen LogP contribution in [0.5, 0.6) is 0 Å². The van der Waals surface area contributed by atoms with Crippen LogP contribution in [0, 0.1) is 28.1 Å². The van der Waals surface area contributed by atoms with Gasteiger partial charge in [0.1, 0.15) is 11.7 Å². The third-order valence-corrected chi connectivity index (χ3v) is 15.0. The van der Waals surface area contributed by atoms with Crippen molar-refractivity contribution in [1.29, 1.82) is 15.9 Å². The summed E-state index contributed by atoms with van der Waals surface area (Å²) in [6, 6.07) is 83.1. The van der Waals surface area contributed by atoms with Gasteiger partial charge in [-0.25, -0.2) is 4.79 Å². The second-order valence-corrected chi connectivity index (χ2v) is 22.4. The van der Waals surface area contributed by atoms with Gasteiger partial charge in [-0.3, -0.25) is 10.2 Å². The first-order valence-electron chi connectivity index (χ1n) is 29.9. The average molecular weight is 1440 g/mol. The van der Waals surface area contributed by atoms with E-state index in [0.717, 1.165) is 78.2 Å². The van der Waals surface area contributed by atoms with Gasteiger partial charge in [0.25, 0.3) is 5.97 Å². The zero-order chi connectivity index (χ0) is 71.5. The molecule has 15 nitrogen and oxygen atoms in total. The van der Waals surface area contributed by atoms with Crippen LogP contribution in [-0.2, 0) is 46.5 Å². The SMILES string of the molecule is CC.CC(=O)O.CC(=O)ON=C(N)Cc1ccccc1-c1ccccc1Cl.N#CCc1ccccc1-c1ccccc1Cl.N#CCc1ccccc1Br.N=C(N)Cc1ccccc1-c1ccccc1.NC(Cc1ccccc1-c1ccccc1Cl)=NO.OB(O)c1ccccc1Cl. The molecule has 0 aromatic heterocycles. The molecule has 498 valence electrons. The largest absolute Gasteiger partial charge is 0.489 e. The highest BCUT2D eigenvalue weighted by atomic mass is 79.9. The minimum Gasteiger partial charge on any atom is -0.481 e. The van der Waals surface area contributed by atoms with Crippen molar-refractivity contribution in [2.75, 3.05) is 0 Å². The van der Waals surface area contributed by atoms with Crippen LogP contribution in [0.1, 0.15) is 55.5 Å². The van der Waals surface area contributed by atoms with Crippen LogP contribution in [0.2, 0.25) is 20.1 Å². The number of halogens is 5. The van der Waals surface area contributed by atoms with E-state index < -0.39 is 19.1 Å². The van der Waals surface area contributed by atoms with Crippen LogP contribution in [0.15, 0.2) is 264 Å². The number of oxime groups is 2. The molecule has 97 heavy (non-hydrogen) atoms. The Morgan fingerprint density at radius 3 is 1.16 bits per heavy atom. The van der Waals surface area contributed by atoms with Crippen LogP contribution in [0.4, 0.5) is 0 Å². The number of carboxylic acids is 1. The summed E-state index contributed by atoms with van der Waals surface area (Å²) in [5, 5.41) is 67.0. The second-order valence-electron chi connectivity index (χ2n) is 19.9. The first kappa shape index (κ1) is 81.2. The van der Waals surface area contributed by atoms with Crippen LogP contribution >= 0.6 is 62.3 Å². The average Bonchev–Trinajstić information content (AvgIpc) is 0.876. The van der Waals surface area contributed by atoms with Gasteiger partial charge in [-0.15, -0.1) is 0 Å². The molecule has 0 saturated carbocycles. The van der Waals surface area contributed by atoms with E-state index in [9.17, 15) is 4.79 Å². The summed E-state index contributed by atoms with van der Waals surface area (Å²) >= 11 is 27.5. The maximum absolute atomic E-state index is 10.7. The fraction of sp³-hybridized carbons (Fsp3) is 0.118. The molecule has 0 bridgehead atoms. The molecular formula is C76H74BBrCl4N8O7. The molecule has 0 radical (unpaired) electrons. The summed E-state index contributed by atoms with van der Waals surface area (Å²) < 4.78 is 1.01. The van der Waals surface area contributed by atoms with Crippen molar-refractivity contribution in [3.8, 4) is 56.6 Å². The lowest BCUT2D eigenvalue weighted by Crippen LogP contribution is -2.30. The number of carbonyl (C=O) groups is 2. The Hall–Kier alpha value is -10.0. The molecule has 0 fully saturated rings. The first-order valence-corrected chi connectivity index (χ1v) is 32.2. The van der Waals surface area contributed by atoms with Crippen LogP contribution in [-0.4, -0.2) is 56.9 Å². The van der Waals surface area contributed by atoms with Crippen molar-refractivity contribution in [1.82, 2.24) is 0 Å². The first-order chi connectivity index (χ1) is 46.7. The second kappa shape index (κ2) is 46.1. The van der Waals surface area contributed by atoms with Gasteiger partial charge in [-0.05, 0) is 86.0 Å². The summed E-state index contributed by atoms with van der Waals surface area (Å²) in [5.41, 5.74) is 30.4. The molecule has 0 atom stereocenters. The molecule has 21 heteroatoms. The number of carboxylic acid groups (broad SMARTS) is 1. The van der Waals surface area contributed by atoms with Crippen molar-refractivity contribution in [2.24, 2.45) is 27.5 Å². The normalized spacial score (nSPS) is 10.0. The van der Waals surface area contributed by atoms with Gasteiger partial charge in [0.05, 0.1) is 30.8 Å². The number of nitrogens with one attached hydrogen (secondary N) is 1. The van der Waals surface area contributed by atoms with E-state index in [1.54, 1.807) is 24.3 Å². The topological polar surface area (TPSA) is 299 Å². The molecule has 0 aliphatic carbocycles. The molecule has 0 aliphatic rings. The smallest absolute Gasteiger partial charge is 0.481 e. The van der Waals surface area contributed by atoms with Crippen molar-refractivity contribution < 1.29 is 34.8 Å². The van der Waals surface area contributed by atoms with Gasteiger partial charge in [-0.1, -0.05) is 305 Å². The minimum absolute atomic E-state index is 0.175. The Kier molecular flexibility index (Phi) is 38.6. The van der Waals surface area contributed by atoms with Crippen molar-refractivity contribution in [2.45, 2.75) is 59.8 Å². The van der Waals surface area contributed by atoms with E-state index in [2.05, 4.69) is 61.4 Å². The third-order valence-electron chi connectivity index (χ3n) is 12.9. The molecule has 0 spiro atoms. The Morgan fingerprint density at radius 2 is 0.794 bits per heavy atom. The van der Waals surface area contributed by atoms with Crippen molar-refractivity contribution >= 4 is 104 Å². The maximum atomic E-state index is 10.7. The number of nitriles is 2. The minimum atomic E-state index is -1.48. The van der Waals surface area contributed by atoms with Gasteiger partial charge in [0, 0.05) is 79.8 Å². The number of rotatable bonds is 14. The molecule has 0 amide bonds. The molecule has 0 heterocycles. The number of aliphatic carboxylic acids is 1. The third kappa shape index (κ3) is 30.1. The van der Waals surface area contributed by atoms with Crippen LogP contribution in [0.25, 0.3) is 44.5 Å². The lowest BCUT2D eigenvalue weighted by atomic mass is 9.80. The Morgan fingerprint density at radius 1 is 0.474 bits per heavy atom.